The number of carboxylic acid groups (broad SMARTS) is 1. The lowest BCUT2D eigenvalue weighted by Gasteiger charge is -2.03. The maximum absolute atomic E-state index is 10.3. The summed E-state index contributed by atoms with van der Waals surface area (Å²) in [4.78, 5) is 10.3. The van der Waals surface area contributed by atoms with E-state index in [4.69, 9.17) is 9.84 Å². The molecule has 2 fully saturated rings. The summed E-state index contributed by atoms with van der Waals surface area (Å²) in [5.74, 6) is -0.743. The Balaban J connectivity index is 1.85. The summed E-state index contributed by atoms with van der Waals surface area (Å²) in [5, 5.41) is 8.48. The third kappa shape index (κ3) is 1.38. The normalized spacial score (nSPS) is 32.5. The lowest BCUT2D eigenvalue weighted by atomic mass is 10.0. The van der Waals surface area contributed by atoms with Gasteiger partial charge in [-0.05, 0) is 24.7 Å². The lowest BCUT2D eigenvalue weighted by Crippen LogP contribution is -2.11. The van der Waals surface area contributed by atoms with Crippen LogP contribution in [-0.4, -0.2) is 23.8 Å². The van der Waals surface area contributed by atoms with E-state index in [9.17, 15) is 4.79 Å². The molecule has 0 amide bonds. The molecule has 3 nitrogen and oxygen atoms in total. The Hall–Kier alpha value is -0.570. The van der Waals surface area contributed by atoms with Crippen molar-refractivity contribution in [3.8, 4) is 0 Å². The molecule has 1 aliphatic carbocycles. The van der Waals surface area contributed by atoms with Gasteiger partial charge in [0.25, 0.3) is 0 Å². The van der Waals surface area contributed by atoms with E-state index in [-0.39, 0.29) is 12.5 Å². The van der Waals surface area contributed by atoms with Gasteiger partial charge in [-0.15, -0.1) is 0 Å². The first-order chi connectivity index (χ1) is 5.20. The van der Waals surface area contributed by atoms with E-state index in [1.165, 1.54) is 12.8 Å². The molecule has 0 bridgehead atoms. The molecule has 62 valence electrons. The highest BCUT2D eigenvalue weighted by atomic mass is 16.5. The van der Waals surface area contributed by atoms with Crippen molar-refractivity contribution in [3.05, 3.63) is 0 Å². The highest BCUT2D eigenvalue weighted by molar-refractivity contribution is 5.67. The molecule has 0 aromatic heterocycles. The van der Waals surface area contributed by atoms with E-state index in [0.29, 0.717) is 5.41 Å². The second kappa shape index (κ2) is 2.21. The van der Waals surface area contributed by atoms with Crippen LogP contribution in [-0.2, 0) is 9.53 Å². The molecule has 1 N–H and O–H groups in total. The van der Waals surface area contributed by atoms with Crippen molar-refractivity contribution in [1.82, 2.24) is 0 Å². The first-order valence-electron chi connectivity index (χ1n) is 4.04. The van der Waals surface area contributed by atoms with Crippen LogP contribution >= 0.6 is 0 Å². The molecule has 11 heavy (non-hydrogen) atoms. The highest BCUT2D eigenvalue weighted by Crippen LogP contribution is 2.54. The molecule has 0 aromatic carbocycles. The quantitative estimate of drug-likeness (QED) is 0.649. The molecular formula is C8H12O3. The van der Waals surface area contributed by atoms with E-state index in [1.807, 2.05) is 0 Å². The van der Waals surface area contributed by atoms with Gasteiger partial charge in [-0.25, -0.2) is 0 Å². The zero-order chi connectivity index (χ0) is 7.90. The number of hydrogen-bond donors (Lipinski definition) is 1. The van der Waals surface area contributed by atoms with Crippen molar-refractivity contribution in [3.63, 3.8) is 0 Å². The Morgan fingerprint density at radius 1 is 1.64 bits per heavy atom. The summed E-state index contributed by atoms with van der Waals surface area (Å²) in [7, 11) is 0. The molecular weight excluding hydrogens is 144 g/mol. The predicted octanol–water partition coefficient (Wildman–Crippen LogP) is 1.03. The predicted molar refractivity (Wildman–Crippen MR) is 38.3 cm³/mol. The molecule has 0 aromatic rings. The second-order valence-corrected chi connectivity index (χ2v) is 3.73. The Kier molecular flexibility index (Phi) is 1.42. The van der Waals surface area contributed by atoms with Crippen LogP contribution in [0.25, 0.3) is 0 Å². The van der Waals surface area contributed by atoms with Crippen molar-refractivity contribution in [2.24, 2.45) is 5.41 Å². The van der Waals surface area contributed by atoms with Crippen molar-refractivity contribution in [2.75, 3.05) is 6.61 Å². The minimum atomic E-state index is -0.743. The molecule has 1 aliphatic heterocycles. The number of hydrogen-bond acceptors (Lipinski definition) is 2. The summed E-state index contributed by atoms with van der Waals surface area (Å²) in [6, 6.07) is 0. The monoisotopic (exact) mass is 156 g/mol. The van der Waals surface area contributed by atoms with Gasteiger partial charge in [0.05, 0.1) is 19.1 Å². The molecule has 1 saturated carbocycles. The fourth-order valence-electron chi connectivity index (χ4n) is 1.75. The van der Waals surface area contributed by atoms with Gasteiger partial charge in [0.1, 0.15) is 0 Å². The van der Waals surface area contributed by atoms with Crippen LogP contribution in [0.1, 0.15) is 25.7 Å². The lowest BCUT2D eigenvalue weighted by molar-refractivity contribution is -0.139. The minimum absolute atomic E-state index is 0.00463. The number of ether oxygens (including phenoxy) is 1. The maximum Gasteiger partial charge on any atom is 0.305 e. The number of aliphatic carboxylic acids is 1. The molecule has 1 spiro atoms. The van der Waals surface area contributed by atoms with Crippen LogP contribution in [0.5, 0.6) is 0 Å². The van der Waals surface area contributed by atoms with Gasteiger partial charge in [0.2, 0.25) is 0 Å². The van der Waals surface area contributed by atoms with Crippen LogP contribution < -0.4 is 0 Å². The smallest absolute Gasteiger partial charge is 0.305 e. The van der Waals surface area contributed by atoms with E-state index < -0.39 is 5.97 Å². The van der Waals surface area contributed by atoms with Gasteiger partial charge in [-0.3, -0.25) is 4.79 Å². The van der Waals surface area contributed by atoms with Crippen LogP contribution in [0, 0.1) is 5.41 Å². The number of carboxylic acids is 1. The first kappa shape index (κ1) is 7.10. The van der Waals surface area contributed by atoms with Crippen LogP contribution in [0.4, 0.5) is 0 Å². The SMILES string of the molecule is O=C(O)CC1CC2(CC2)CO1. The number of rotatable bonds is 2. The van der Waals surface area contributed by atoms with Gasteiger partial charge < -0.3 is 9.84 Å². The number of carbonyl (C=O) groups is 1. The average Bonchev–Trinajstić information content (AvgIpc) is 2.51. The van der Waals surface area contributed by atoms with Crippen LogP contribution in [0.3, 0.4) is 0 Å². The van der Waals surface area contributed by atoms with Gasteiger partial charge >= 0.3 is 5.97 Å². The Morgan fingerprint density at radius 2 is 2.36 bits per heavy atom. The first-order valence-corrected chi connectivity index (χ1v) is 4.04. The fraction of sp³-hybridized carbons (Fsp3) is 0.875. The summed E-state index contributed by atoms with van der Waals surface area (Å²) in [5.41, 5.74) is 0.417. The van der Waals surface area contributed by atoms with E-state index >= 15 is 0 Å². The second-order valence-electron chi connectivity index (χ2n) is 3.73. The Morgan fingerprint density at radius 3 is 2.82 bits per heavy atom. The maximum atomic E-state index is 10.3. The fourth-order valence-corrected chi connectivity index (χ4v) is 1.75. The van der Waals surface area contributed by atoms with E-state index in [1.54, 1.807) is 0 Å². The Bertz CT molecular complexity index is 184. The molecule has 3 heteroatoms. The van der Waals surface area contributed by atoms with Gasteiger partial charge in [-0.2, -0.15) is 0 Å². The zero-order valence-corrected chi connectivity index (χ0v) is 6.38. The van der Waals surface area contributed by atoms with Crippen LogP contribution in [0.15, 0.2) is 0 Å². The summed E-state index contributed by atoms with van der Waals surface area (Å²) < 4.78 is 5.36. The van der Waals surface area contributed by atoms with Crippen LogP contribution in [0.2, 0.25) is 0 Å². The molecule has 2 aliphatic rings. The van der Waals surface area contributed by atoms with Crippen molar-refractivity contribution in [2.45, 2.75) is 31.8 Å². The average molecular weight is 156 g/mol. The third-order valence-corrected chi connectivity index (χ3v) is 2.65. The largest absolute Gasteiger partial charge is 0.481 e. The highest BCUT2D eigenvalue weighted by Gasteiger charge is 2.49. The van der Waals surface area contributed by atoms with Gasteiger partial charge in [0, 0.05) is 0 Å². The molecule has 1 unspecified atom stereocenters. The summed E-state index contributed by atoms with van der Waals surface area (Å²) in [6.45, 7) is 0.797. The van der Waals surface area contributed by atoms with E-state index in [2.05, 4.69) is 0 Å². The van der Waals surface area contributed by atoms with E-state index in [0.717, 1.165) is 13.0 Å². The standard InChI is InChI=1S/C8H12O3/c9-7(10)3-6-4-8(1-2-8)5-11-6/h6H,1-5H2,(H,9,10). The zero-order valence-electron chi connectivity index (χ0n) is 6.38. The topological polar surface area (TPSA) is 46.5 Å². The van der Waals surface area contributed by atoms with Crippen molar-refractivity contribution < 1.29 is 14.6 Å². The Labute approximate surface area is 65.4 Å². The molecule has 1 atom stereocenters. The molecule has 0 radical (unpaired) electrons. The summed E-state index contributed by atoms with van der Waals surface area (Å²) >= 11 is 0. The molecule has 2 rings (SSSR count). The van der Waals surface area contributed by atoms with Crippen molar-refractivity contribution >= 4 is 5.97 Å². The summed E-state index contributed by atoms with van der Waals surface area (Å²) in [6.07, 6.45) is 3.63. The molecule has 1 heterocycles. The molecule has 1 saturated heterocycles. The third-order valence-electron chi connectivity index (χ3n) is 2.65. The van der Waals surface area contributed by atoms with Gasteiger partial charge in [0.15, 0.2) is 0 Å². The van der Waals surface area contributed by atoms with Crippen molar-refractivity contribution in [1.29, 1.82) is 0 Å². The minimum Gasteiger partial charge on any atom is -0.481 e. The van der Waals surface area contributed by atoms with Gasteiger partial charge in [-0.1, -0.05) is 0 Å².